The molecule has 0 amide bonds. The highest BCUT2D eigenvalue weighted by Crippen LogP contribution is 2.65. The van der Waals surface area contributed by atoms with Crippen LogP contribution in [0.15, 0.2) is 170 Å². The van der Waals surface area contributed by atoms with Crippen molar-refractivity contribution in [3.05, 3.63) is 209 Å². The zero-order valence-corrected chi connectivity index (χ0v) is 29.3. The van der Waals surface area contributed by atoms with Crippen molar-refractivity contribution < 1.29 is 4.74 Å². The molecule has 1 aromatic heterocycles. The monoisotopic (exact) mass is 691 g/mol. The lowest BCUT2D eigenvalue weighted by Gasteiger charge is -2.43. The average Bonchev–Trinajstić information content (AvgIpc) is 3.54. The number of hydrogen-bond acceptors (Lipinski definition) is 4. The maximum atomic E-state index is 9.49. The molecule has 1 spiro atoms. The molecule has 6 aromatic carbocycles. The molecule has 0 saturated carbocycles. The van der Waals surface area contributed by atoms with E-state index in [2.05, 4.69) is 157 Å². The fraction of sp³-hybridized carbons (Fsp3) is 0.0800. The molecule has 4 atom stereocenters. The Morgan fingerprint density at radius 2 is 1.48 bits per heavy atom. The van der Waals surface area contributed by atoms with Gasteiger partial charge in [0.05, 0.1) is 40.0 Å². The summed E-state index contributed by atoms with van der Waals surface area (Å²) >= 11 is 0. The van der Waals surface area contributed by atoms with Crippen molar-refractivity contribution >= 4 is 22.7 Å². The molecular weight excluding hydrogens is 659 g/mol. The highest BCUT2D eigenvalue weighted by molar-refractivity contribution is 5.97. The van der Waals surface area contributed by atoms with Gasteiger partial charge in [-0.3, -0.25) is 0 Å². The molecule has 2 aliphatic carbocycles. The summed E-state index contributed by atoms with van der Waals surface area (Å²) in [5.41, 5.74) is 13.5. The van der Waals surface area contributed by atoms with Gasteiger partial charge in [-0.1, -0.05) is 146 Å². The molecule has 4 unspecified atom stereocenters. The van der Waals surface area contributed by atoms with E-state index in [4.69, 9.17) is 9.72 Å². The summed E-state index contributed by atoms with van der Waals surface area (Å²) < 4.78 is 6.99. The Bertz CT molecular complexity index is 2840. The minimum atomic E-state index is -0.388. The van der Waals surface area contributed by atoms with E-state index in [9.17, 15) is 5.26 Å². The zero-order chi connectivity index (χ0) is 35.8. The quantitative estimate of drug-likeness (QED) is 0.200. The third-order valence-electron chi connectivity index (χ3n) is 11.9. The second kappa shape index (κ2) is 11.8. The molecule has 54 heavy (non-hydrogen) atoms. The van der Waals surface area contributed by atoms with Crippen molar-refractivity contribution in [1.29, 1.82) is 5.26 Å². The molecule has 0 bridgehead atoms. The van der Waals surface area contributed by atoms with Gasteiger partial charge in [0.25, 0.3) is 0 Å². The number of aromatic nitrogens is 1. The second-order valence-electron chi connectivity index (χ2n) is 14.6. The van der Waals surface area contributed by atoms with Gasteiger partial charge in [-0.25, -0.2) is 4.98 Å². The lowest BCUT2D eigenvalue weighted by Crippen LogP contribution is -2.37. The number of pyridine rings is 1. The lowest BCUT2D eigenvalue weighted by molar-refractivity contribution is 0.375. The Kier molecular flexibility index (Phi) is 6.69. The fourth-order valence-electron chi connectivity index (χ4n) is 9.52. The molecule has 0 radical (unpaired) electrons. The first-order chi connectivity index (χ1) is 26.7. The topological polar surface area (TPSA) is 57.9 Å². The summed E-state index contributed by atoms with van der Waals surface area (Å²) in [7, 11) is 0. The summed E-state index contributed by atoms with van der Waals surface area (Å²) in [4.78, 5) is 5.14. The van der Waals surface area contributed by atoms with Crippen LogP contribution < -0.4 is 10.1 Å². The number of nitriles is 1. The smallest absolute Gasteiger partial charge is 0.139 e. The van der Waals surface area contributed by atoms with Crippen molar-refractivity contribution in [2.24, 2.45) is 5.92 Å². The number of nitrogens with one attached hydrogen (secondary N) is 1. The molecule has 0 saturated heterocycles. The van der Waals surface area contributed by atoms with E-state index in [0.29, 0.717) is 5.56 Å². The van der Waals surface area contributed by atoms with Crippen LogP contribution in [0.1, 0.15) is 50.9 Å². The third kappa shape index (κ3) is 4.39. The van der Waals surface area contributed by atoms with Gasteiger partial charge >= 0.3 is 0 Å². The van der Waals surface area contributed by atoms with Gasteiger partial charge in [-0.2, -0.15) is 5.26 Å². The van der Waals surface area contributed by atoms with Gasteiger partial charge in [-0.05, 0) is 58.1 Å². The predicted octanol–water partition coefficient (Wildman–Crippen LogP) is 11.9. The summed E-state index contributed by atoms with van der Waals surface area (Å²) in [6.45, 7) is 0. The van der Waals surface area contributed by atoms with Gasteiger partial charge in [0.15, 0.2) is 0 Å². The first-order valence-electron chi connectivity index (χ1n) is 18.6. The van der Waals surface area contributed by atoms with E-state index in [1.54, 1.807) is 0 Å². The van der Waals surface area contributed by atoms with Crippen LogP contribution in [-0.2, 0) is 5.41 Å². The van der Waals surface area contributed by atoms with E-state index < -0.39 is 0 Å². The number of para-hydroxylation sites is 2. The SMILES string of the molecule is N#Cc1cccc(-c2ccc3ccc4c(c3n2)NC(c2cccc(-c3cccc5c3Oc3ccccc3C53c5ccccc5C5C=CC=CC53)c2)C=C4)c1. The van der Waals surface area contributed by atoms with Crippen LogP contribution in [0.4, 0.5) is 5.69 Å². The Morgan fingerprint density at radius 1 is 0.685 bits per heavy atom. The molecule has 4 heteroatoms. The zero-order valence-electron chi connectivity index (χ0n) is 29.3. The molecule has 7 aromatic rings. The number of nitrogens with zero attached hydrogens (tertiary/aromatic N) is 2. The minimum absolute atomic E-state index is 0.0652. The number of ether oxygens (including phenoxy) is 1. The second-order valence-corrected chi connectivity index (χ2v) is 14.6. The van der Waals surface area contributed by atoms with Crippen LogP contribution in [0.2, 0.25) is 0 Å². The van der Waals surface area contributed by atoms with Crippen molar-refractivity contribution in [2.45, 2.75) is 17.4 Å². The standard InChI is InChI=1S/C50H33N3O/c51-30-31-10-7-12-35(28-31)44-26-24-32-22-23-33-25-27-45(53-48(33)47(32)52-44)36-13-8-11-34(29-36)37-16-9-20-43-49(37)54-46-21-6-5-19-42(46)50(43)40-17-3-1-14-38(40)39-15-2-4-18-41(39)50/h1-29,38,40,45,53H. The number of rotatable bonds is 3. The number of allylic oxidation sites excluding steroid dienone is 4. The van der Waals surface area contributed by atoms with Gasteiger partial charge in [-0.15, -0.1) is 0 Å². The summed E-state index contributed by atoms with van der Waals surface area (Å²) in [5.74, 6) is 2.35. The molecule has 254 valence electrons. The molecule has 0 fully saturated rings. The van der Waals surface area contributed by atoms with Crippen LogP contribution in [0.25, 0.3) is 39.4 Å². The molecule has 2 aliphatic heterocycles. The number of anilines is 1. The summed E-state index contributed by atoms with van der Waals surface area (Å²) in [6.07, 6.45) is 13.6. The van der Waals surface area contributed by atoms with E-state index in [0.717, 1.165) is 61.6 Å². The Morgan fingerprint density at radius 3 is 2.43 bits per heavy atom. The van der Waals surface area contributed by atoms with E-state index in [1.165, 1.54) is 22.3 Å². The normalized spacial score (nSPS) is 20.9. The van der Waals surface area contributed by atoms with Gasteiger partial charge in [0, 0.05) is 39.5 Å². The highest BCUT2D eigenvalue weighted by Gasteiger charge is 2.56. The predicted molar refractivity (Wildman–Crippen MR) is 217 cm³/mol. The van der Waals surface area contributed by atoms with Crippen molar-refractivity contribution in [3.63, 3.8) is 0 Å². The third-order valence-corrected chi connectivity index (χ3v) is 11.9. The van der Waals surface area contributed by atoms with Gasteiger partial charge in [0.1, 0.15) is 11.5 Å². The number of hydrogen-bond donors (Lipinski definition) is 1. The van der Waals surface area contributed by atoms with Crippen molar-refractivity contribution in [1.82, 2.24) is 4.98 Å². The minimum Gasteiger partial charge on any atom is -0.456 e. The van der Waals surface area contributed by atoms with Gasteiger partial charge < -0.3 is 10.1 Å². The van der Waals surface area contributed by atoms with Gasteiger partial charge in [0.2, 0.25) is 0 Å². The van der Waals surface area contributed by atoms with E-state index in [-0.39, 0.29) is 23.3 Å². The maximum Gasteiger partial charge on any atom is 0.139 e. The van der Waals surface area contributed by atoms with Crippen LogP contribution in [-0.4, -0.2) is 4.98 Å². The number of fused-ring (bicyclic) bond motifs is 12. The first-order valence-corrected chi connectivity index (χ1v) is 18.6. The largest absolute Gasteiger partial charge is 0.456 e. The Labute approximate surface area is 314 Å². The molecule has 3 heterocycles. The van der Waals surface area contributed by atoms with Crippen LogP contribution >= 0.6 is 0 Å². The number of benzene rings is 6. The van der Waals surface area contributed by atoms with E-state index >= 15 is 0 Å². The fourth-order valence-corrected chi connectivity index (χ4v) is 9.52. The van der Waals surface area contributed by atoms with Crippen LogP contribution in [0.5, 0.6) is 11.5 Å². The van der Waals surface area contributed by atoms with Crippen molar-refractivity contribution in [3.8, 4) is 40.0 Å². The van der Waals surface area contributed by atoms with Crippen molar-refractivity contribution in [2.75, 3.05) is 5.32 Å². The molecule has 4 aliphatic rings. The first kappa shape index (κ1) is 30.6. The van der Waals surface area contributed by atoms with E-state index in [1.807, 2.05) is 30.3 Å². The maximum absolute atomic E-state index is 9.49. The highest BCUT2D eigenvalue weighted by atomic mass is 16.5. The summed E-state index contributed by atoms with van der Waals surface area (Å²) in [5, 5.41) is 14.4. The Hall–Kier alpha value is -6.96. The summed E-state index contributed by atoms with van der Waals surface area (Å²) in [6, 6.07) is 51.4. The molecule has 11 rings (SSSR count). The lowest BCUT2D eigenvalue weighted by atomic mass is 9.61. The molecule has 4 nitrogen and oxygen atoms in total. The Balaban J connectivity index is 1.02. The average molecular weight is 692 g/mol. The van der Waals surface area contributed by atoms with Crippen LogP contribution in [0.3, 0.4) is 0 Å². The molecular formula is C50H33N3O. The molecule has 1 N–H and O–H groups in total. The van der Waals surface area contributed by atoms with Crippen LogP contribution in [0, 0.1) is 17.2 Å².